The minimum absolute atomic E-state index is 0.00560. The molecular formula is C26H34N4O2. The Hall–Kier alpha value is -2.86. The van der Waals surface area contributed by atoms with E-state index in [0.717, 1.165) is 75.5 Å². The fraction of sp³-hybridized carbons (Fsp3) is 0.462. The van der Waals surface area contributed by atoms with Gasteiger partial charge in [-0.2, -0.15) is 0 Å². The van der Waals surface area contributed by atoms with Gasteiger partial charge in [0.1, 0.15) is 0 Å². The number of likely N-dealkylation sites (N-methyl/N-ethyl adjacent to an activating group) is 1. The normalized spacial score (nSPS) is 17.9. The maximum atomic E-state index is 13.3. The molecular weight excluding hydrogens is 400 g/mol. The SMILES string of the molecule is CCN1CCN(C(=O)c2ccccc2N2CCC(NC(=O)c3cccc(C)c3)CC2)CC1. The van der Waals surface area contributed by atoms with E-state index in [4.69, 9.17) is 0 Å². The average Bonchev–Trinajstić information content (AvgIpc) is 2.84. The third kappa shape index (κ3) is 5.13. The fourth-order valence-corrected chi connectivity index (χ4v) is 4.69. The van der Waals surface area contributed by atoms with Gasteiger partial charge >= 0.3 is 0 Å². The van der Waals surface area contributed by atoms with Crippen molar-refractivity contribution in [2.75, 3.05) is 50.7 Å². The van der Waals surface area contributed by atoms with Crippen LogP contribution in [0.15, 0.2) is 48.5 Å². The minimum atomic E-state index is -0.00560. The Morgan fingerprint density at radius 1 is 0.938 bits per heavy atom. The van der Waals surface area contributed by atoms with Crippen LogP contribution in [0.25, 0.3) is 0 Å². The number of amides is 2. The maximum absolute atomic E-state index is 13.3. The number of aryl methyl sites for hydroxylation is 1. The summed E-state index contributed by atoms with van der Waals surface area (Å²) in [5.74, 6) is 0.125. The fourth-order valence-electron chi connectivity index (χ4n) is 4.69. The van der Waals surface area contributed by atoms with Crippen LogP contribution >= 0.6 is 0 Å². The molecule has 2 saturated heterocycles. The van der Waals surface area contributed by atoms with Gasteiger partial charge in [0.2, 0.25) is 0 Å². The van der Waals surface area contributed by atoms with E-state index in [2.05, 4.69) is 28.1 Å². The molecule has 32 heavy (non-hydrogen) atoms. The van der Waals surface area contributed by atoms with Crippen molar-refractivity contribution in [1.29, 1.82) is 0 Å². The van der Waals surface area contributed by atoms with E-state index < -0.39 is 0 Å². The molecule has 2 heterocycles. The molecule has 0 spiro atoms. The molecule has 2 aliphatic rings. The van der Waals surface area contributed by atoms with Crippen LogP contribution in [0, 0.1) is 6.92 Å². The van der Waals surface area contributed by atoms with Crippen molar-refractivity contribution in [3.8, 4) is 0 Å². The number of anilines is 1. The Morgan fingerprint density at radius 3 is 2.34 bits per heavy atom. The van der Waals surface area contributed by atoms with Gasteiger partial charge in [0.25, 0.3) is 11.8 Å². The smallest absolute Gasteiger partial charge is 0.256 e. The van der Waals surface area contributed by atoms with Crippen molar-refractivity contribution in [3.05, 3.63) is 65.2 Å². The molecule has 0 radical (unpaired) electrons. The molecule has 6 heteroatoms. The lowest BCUT2D eigenvalue weighted by Crippen LogP contribution is -2.49. The second-order valence-corrected chi connectivity index (χ2v) is 8.85. The molecule has 0 unspecified atom stereocenters. The van der Waals surface area contributed by atoms with Crippen molar-refractivity contribution in [2.24, 2.45) is 0 Å². The second kappa shape index (κ2) is 10.2. The van der Waals surface area contributed by atoms with Gasteiger partial charge in [0.05, 0.1) is 5.56 Å². The van der Waals surface area contributed by atoms with Crippen LogP contribution in [0.5, 0.6) is 0 Å². The van der Waals surface area contributed by atoms with Gasteiger partial charge in [-0.05, 0) is 50.6 Å². The van der Waals surface area contributed by atoms with E-state index in [1.54, 1.807) is 0 Å². The monoisotopic (exact) mass is 434 g/mol. The third-order valence-electron chi connectivity index (χ3n) is 6.69. The number of benzene rings is 2. The van der Waals surface area contributed by atoms with Crippen LogP contribution in [0.3, 0.4) is 0 Å². The summed E-state index contributed by atoms with van der Waals surface area (Å²) >= 11 is 0. The Morgan fingerprint density at radius 2 is 1.66 bits per heavy atom. The van der Waals surface area contributed by atoms with Crippen LogP contribution in [0.1, 0.15) is 46.0 Å². The number of nitrogens with zero attached hydrogens (tertiary/aromatic N) is 3. The zero-order valence-corrected chi connectivity index (χ0v) is 19.2. The molecule has 0 bridgehead atoms. The number of hydrogen-bond acceptors (Lipinski definition) is 4. The van der Waals surface area contributed by atoms with Crippen LogP contribution in [-0.2, 0) is 0 Å². The lowest BCUT2D eigenvalue weighted by Gasteiger charge is -2.37. The zero-order chi connectivity index (χ0) is 22.5. The van der Waals surface area contributed by atoms with Gasteiger partial charge in [0, 0.05) is 56.6 Å². The number of piperidine rings is 1. The molecule has 2 aromatic rings. The molecule has 170 valence electrons. The summed E-state index contributed by atoms with van der Waals surface area (Å²) < 4.78 is 0. The molecule has 0 aromatic heterocycles. The number of piperazine rings is 1. The summed E-state index contributed by atoms with van der Waals surface area (Å²) in [5, 5.41) is 3.19. The Kier molecular flexibility index (Phi) is 7.10. The van der Waals surface area contributed by atoms with Crippen LogP contribution < -0.4 is 10.2 Å². The van der Waals surface area contributed by atoms with Gasteiger partial charge in [-0.3, -0.25) is 9.59 Å². The Labute approximate surface area is 191 Å². The van der Waals surface area contributed by atoms with Crippen LogP contribution in [0.4, 0.5) is 5.69 Å². The average molecular weight is 435 g/mol. The van der Waals surface area contributed by atoms with Gasteiger partial charge < -0.3 is 20.0 Å². The van der Waals surface area contributed by atoms with E-state index in [1.165, 1.54) is 0 Å². The molecule has 6 nitrogen and oxygen atoms in total. The number of nitrogens with one attached hydrogen (secondary N) is 1. The minimum Gasteiger partial charge on any atom is -0.371 e. The predicted molar refractivity (Wildman–Crippen MR) is 128 cm³/mol. The summed E-state index contributed by atoms with van der Waals surface area (Å²) in [5.41, 5.74) is 3.61. The third-order valence-corrected chi connectivity index (χ3v) is 6.69. The number of para-hydroxylation sites is 1. The first-order chi connectivity index (χ1) is 15.5. The molecule has 0 aliphatic carbocycles. The van der Waals surface area contributed by atoms with E-state index >= 15 is 0 Å². The number of hydrogen-bond donors (Lipinski definition) is 1. The standard InChI is InChI=1S/C26H34N4O2/c1-3-28-15-17-30(18-16-28)26(32)23-9-4-5-10-24(23)29-13-11-22(12-14-29)27-25(31)21-8-6-7-20(2)19-21/h4-10,19,22H,3,11-18H2,1-2H3,(H,27,31). The highest BCUT2D eigenvalue weighted by Crippen LogP contribution is 2.26. The molecule has 0 atom stereocenters. The molecule has 2 fully saturated rings. The largest absolute Gasteiger partial charge is 0.371 e. The zero-order valence-electron chi connectivity index (χ0n) is 19.2. The summed E-state index contributed by atoms with van der Waals surface area (Å²) in [6.45, 7) is 10.3. The van der Waals surface area contributed by atoms with Crippen molar-refractivity contribution in [1.82, 2.24) is 15.1 Å². The summed E-state index contributed by atoms with van der Waals surface area (Å²) in [6.07, 6.45) is 1.74. The number of carbonyl (C=O) groups is 2. The Bertz CT molecular complexity index is 944. The van der Waals surface area contributed by atoms with E-state index in [0.29, 0.717) is 5.56 Å². The van der Waals surface area contributed by atoms with Crippen LogP contribution in [-0.4, -0.2) is 73.5 Å². The highest BCUT2D eigenvalue weighted by Gasteiger charge is 2.27. The maximum Gasteiger partial charge on any atom is 0.256 e. The highest BCUT2D eigenvalue weighted by atomic mass is 16.2. The summed E-state index contributed by atoms with van der Waals surface area (Å²) in [4.78, 5) is 32.5. The first kappa shape index (κ1) is 22.3. The lowest BCUT2D eigenvalue weighted by molar-refractivity contribution is 0.0644. The highest BCUT2D eigenvalue weighted by molar-refractivity contribution is 6.00. The van der Waals surface area contributed by atoms with Crippen molar-refractivity contribution >= 4 is 17.5 Å². The number of rotatable bonds is 5. The van der Waals surface area contributed by atoms with Gasteiger partial charge in [-0.1, -0.05) is 36.8 Å². The first-order valence-electron chi connectivity index (χ1n) is 11.8. The van der Waals surface area contributed by atoms with Gasteiger partial charge in [0.15, 0.2) is 0 Å². The first-order valence-corrected chi connectivity index (χ1v) is 11.8. The number of carbonyl (C=O) groups excluding carboxylic acids is 2. The molecule has 1 N–H and O–H groups in total. The molecule has 4 rings (SSSR count). The molecule has 2 aliphatic heterocycles. The van der Waals surface area contributed by atoms with Crippen LogP contribution in [0.2, 0.25) is 0 Å². The van der Waals surface area contributed by atoms with Gasteiger partial charge in [-0.25, -0.2) is 0 Å². The lowest BCUT2D eigenvalue weighted by atomic mass is 10.0. The van der Waals surface area contributed by atoms with E-state index in [-0.39, 0.29) is 17.9 Å². The van der Waals surface area contributed by atoms with Crippen molar-refractivity contribution < 1.29 is 9.59 Å². The van der Waals surface area contributed by atoms with E-state index in [9.17, 15) is 9.59 Å². The predicted octanol–water partition coefficient (Wildman–Crippen LogP) is 3.17. The van der Waals surface area contributed by atoms with Crippen molar-refractivity contribution in [3.63, 3.8) is 0 Å². The molecule has 0 saturated carbocycles. The molecule has 2 aromatic carbocycles. The summed E-state index contributed by atoms with van der Waals surface area (Å²) in [7, 11) is 0. The quantitative estimate of drug-likeness (QED) is 0.785. The van der Waals surface area contributed by atoms with Crippen molar-refractivity contribution in [2.45, 2.75) is 32.7 Å². The van der Waals surface area contributed by atoms with E-state index in [1.807, 2.05) is 54.3 Å². The topological polar surface area (TPSA) is 55.9 Å². The van der Waals surface area contributed by atoms with Gasteiger partial charge in [-0.15, -0.1) is 0 Å². The molecule has 2 amide bonds. The second-order valence-electron chi connectivity index (χ2n) is 8.85. The Balaban J connectivity index is 1.37. The summed E-state index contributed by atoms with van der Waals surface area (Å²) in [6, 6.07) is 15.8.